The molecule has 0 saturated heterocycles. The molecule has 0 atom stereocenters. The van der Waals surface area contributed by atoms with Crippen LogP contribution in [0.5, 0.6) is 0 Å². The molecular formula is C18H32F4O5Zr. The fraction of sp³-hybridized carbons (Fsp3) is 0.667. The molecule has 0 amide bonds. The van der Waals surface area contributed by atoms with Crippen LogP contribution >= 0.6 is 0 Å². The van der Waals surface area contributed by atoms with E-state index in [4.69, 9.17) is 4.74 Å². The van der Waals surface area contributed by atoms with Crippen molar-refractivity contribution in [1.82, 2.24) is 0 Å². The zero-order valence-electron chi connectivity index (χ0n) is 17.5. The summed E-state index contributed by atoms with van der Waals surface area (Å²) in [6, 6.07) is 5.85. The molecule has 1 aromatic rings. The number of hydrogen-bond acceptors (Lipinski definition) is 5. The SMILES string of the molecule is COCc1ccc(C[O][Zr]([F])([F])([F])([F])([O]C(C)C)([O]C(C)C)[O]C(C)C)cc1. The van der Waals surface area contributed by atoms with E-state index < -0.39 is 43.4 Å². The van der Waals surface area contributed by atoms with E-state index in [1.807, 2.05) is 0 Å². The first-order valence-corrected chi connectivity index (χ1v) is 17.0. The quantitative estimate of drug-likeness (QED) is 0.346. The number of rotatable bonds is 11. The van der Waals surface area contributed by atoms with Crippen LogP contribution in [0.1, 0.15) is 52.7 Å². The second-order valence-corrected chi connectivity index (χ2v) is 21.3. The van der Waals surface area contributed by atoms with Gasteiger partial charge in [0.25, 0.3) is 0 Å². The zero-order chi connectivity index (χ0) is 22.0. The predicted molar refractivity (Wildman–Crippen MR) is 95.0 cm³/mol. The molecule has 10 heteroatoms. The van der Waals surface area contributed by atoms with Gasteiger partial charge in [-0.3, -0.25) is 0 Å². The number of hydrogen-bond donors (Lipinski definition) is 0. The number of benzene rings is 1. The summed E-state index contributed by atoms with van der Waals surface area (Å²) in [5.41, 5.74) is 0.797. The number of ether oxygens (including phenoxy) is 1. The van der Waals surface area contributed by atoms with Crippen LogP contribution in [-0.2, 0) is 47.7 Å². The molecule has 1 rings (SSSR count). The third-order valence-corrected chi connectivity index (χ3v) is 14.2. The van der Waals surface area contributed by atoms with Crippen LogP contribution in [0.2, 0.25) is 0 Å². The van der Waals surface area contributed by atoms with E-state index in [0.29, 0.717) is 0 Å². The molecule has 0 aromatic heterocycles. The molecule has 0 bridgehead atoms. The number of methoxy groups -OCH3 is 1. The van der Waals surface area contributed by atoms with E-state index >= 15 is 10.5 Å². The Hall–Kier alpha value is -0.377. The van der Waals surface area contributed by atoms with Gasteiger partial charge in [0, 0.05) is 0 Å². The molecule has 0 unspecified atom stereocenters. The van der Waals surface area contributed by atoms with Crippen LogP contribution < -0.4 is 0 Å². The fourth-order valence-corrected chi connectivity index (χ4v) is 15.1. The molecule has 0 aliphatic heterocycles. The van der Waals surface area contributed by atoms with Gasteiger partial charge in [-0.1, -0.05) is 0 Å². The molecule has 0 saturated carbocycles. The Bertz CT molecular complexity index is 700. The predicted octanol–water partition coefficient (Wildman–Crippen LogP) is 6.12. The molecule has 0 N–H and O–H groups in total. The average molecular weight is 496 g/mol. The van der Waals surface area contributed by atoms with Crippen LogP contribution in [0.15, 0.2) is 24.3 Å². The van der Waals surface area contributed by atoms with E-state index in [9.17, 15) is 0 Å². The summed E-state index contributed by atoms with van der Waals surface area (Å²) >= 11 is -12.5. The molecule has 0 radical (unpaired) electrons. The van der Waals surface area contributed by atoms with Gasteiger partial charge in [-0.2, -0.15) is 0 Å². The molecule has 0 heterocycles. The van der Waals surface area contributed by atoms with Crippen molar-refractivity contribution in [1.29, 1.82) is 0 Å². The number of halogens is 4. The maximum atomic E-state index is 16.2. The Morgan fingerprint density at radius 2 is 1.00 bits per heavy atom. The third-order valence-electron chi connectivity index (χ3n) is 3.64. The van der Waals surface area contributed by atoms with Crippen molar-refractivity contribution in [2.45, 2.75) is 73.1 Å². The molecule has 166 valence electrons. The summed E-state index contributed by atoms with van der Waals surface area (Å²) in [7, 11) is 1.49. The van der Waals surface area contributed by atoms with Crippen molar-refractivity contribution < 1.29 is 45.0 Å². The second kappa shape index (κ2) is 6.08. The van der Waals surface area contributed by atoms with E-state index in [0.717, 1.165) is 47.1 Å². The monoisotopic (exact) mass is 494 g/mol. The molecule has 1 aromatic carbocycles. The van der Waals surface area contributed by atoms with Gasteiger partial charge in [0.1, 0.15) is 0 Å². The van der Waals surface area contributed by atoms with Gasteiger partial charge < -0.3 is 0 Å². The molecule has 0 spiro atoms. The van der Waals surface area contributed by atoms with Gasteiger partial charge in [0.15, 0.2) is 0 Å². The van der Waals surface area contributed by atoms with Crippen LogP contribution in [-0.4, -0.2) is 25.4 Å². The van der Waals surface area contributed by atoms with Gasteiger partial charge in [-0.05, 0) is 0 Å². The van der Waals surface area contributed by atoms with Crippen molar-refractivity contribution in [3.63, 3.8) is 0 Å². The average Bonchev–Trinajstić information content (AvgIpc) is 2.42. The Labute approximate surface area is 160 Å². The van der Waals surface area contributed by atoms with Gasteiger partial charge in [-0.25, -0.2) is 0 Å². The topological polar surface area (TPSA) is 46.2 Å². The second-order valence-electron chi connectivity index (χ2n) is 8.20. The van der Waals surface area contributed by atoms with E-state index in [2.05, 4.69) is 11.3 Å². The maximum absolute atomic E-state index is 16.2. The molecular weight excluding hydrogens is 463 g/mol. The van der Waals surface area contributed by atoms with Crippen molar-refractivity contribution in [2.75, 3.05) is 7.11 Å². The third kappa shape index (κ3) is 6.31. The Morgan fingerprint density at radius 3 is 1.29 bits per heavy atom. The van der Waals surface area contributed by atoms with Crippen molar-refractivity contribution in [2.24, 2.45) is 0 Å². The minimum absolute atomic E-state index is 0.0578. The van der Waals surface area contributed by atoms with Crippen molar-refractivity contribution in [3.8, 4) is 0 Å². The van der Waals surface area contributed by atoms with Gasteiger partial charge >= 0.3 is 161 Å². The molecule has 28 heavy (non-hydrogen) atoms. The van der Waals surface area contributed by atoms with Crippen molar-refractivity contribution in [3.05, 3.63) is 35.4 Å². The van der Waals surface area contributed by atoms with Crippen LogP contribution in [0.4, 0.5) is 10.5 Å². The minimum atomic E-state index is -12.5. The van der Waals surface area contributed by atoms with E-state index in [-0.39, 0.29) is 12.2 Å². The Kier molecular flexibility index (Phi) is 5.57. The van der Waals surface area contributed by atoms with Crippen LogP contribution in [0.3, 0.4) is 0 Å². The molecule has 5 nitrogen and oxygen atoms in total. The molecule has 0 aliphatic rings. The normalized spacial score (nSPS) is 18.6. The van der Waals surface area contributed by atoms with Crippen LogP contribution in [0.25, 0.3) is 0 Å². The van der Waals surface area contributed by atoms with Crippen LogP contribution in [0, 0.1) is 0 Å². The van der Waals surface area contributed by atoms with Gasteiger partial charge in [-0.15, -0.1) is 0 Å². The Morgan fingerprint density at radius 1 is 0.679 bits per heavy atom. The summed E-state index contributed by atoms with van der Waals surface area (Å²) in [5.74, 6) is 0. The fourth-order valence-electron chi connectivity index (χ4n) is 3.30. The summed E-state index contributed by atoms with van der Waals surface area (Å²) in [4.78, 5) is 0. The van der Waals surface area contributed by atoms with Crippen molar-refractivity contribution >= 4 is 0 Å². The summed E-state index contributed by atoms with van der Waals surface area (Å²) in [6.07, 6.45) is -4.97. The van der Waals surface area contributed by atoms with E-state index in [1.165, 1.54) is 19.2 Å². The summed E-state index contributed by atoms with van der Waals surface area (Å²) in [6.45, 7) is 5.26. The first-order chi connectivity index (χ1) is 12.3. The van der Waals surface area contributed by atoms with Gasteiger partial charge in [0.05, 0.1) is 0 Å². The first-order valence-electron chi connectivity index (χ1n) is 9.26. The zero-order valence-corrected chi connectivity index (χ0v) is 20.0. The molecule has 0 aliphatic carbocycles. The first kappa shape index (κ1) is 25.7. The molecule has 0 fully saturated rings. The van der Waals surface area contributed by atoms with Gasteiger partial charge in [0.2, 0.25) is 0 Å². The van der Waals surface area contributed by atoms with E-state index in [1.54, 1.807) is 12.1 Å². The standard InChI is InChI=1S/C9H11O2.3C3H7O.4FH.Zr/c1-11-7-9-4-2-8(6-10)3-5-9;3*1-3(2)4;;;;;/h2-5H,6-7H2,1H3;3*3H,1-2H3;4*1H;/q4*-1;;;;;+8/p-4. The summed E-state index contributed by atoms with van der Waals surface area (Å²) in [5, 5.41) is 0. The summed E-state index contributed by atoms with van der Waals surface area (Å²) < 4.78 is 86.1. The Balaban J connectivity index is 3.54.